The standard InChI is InChI=1S/C22H33N5O2/c1-25-18(8-9-24-25)14-26-12-16-10-17(13-26)20(11-23-22(29)15-4-2-5-15)27-19(16)6-3-7-21(27)28/h8-9,15-17,19-20H,2-7,10-14H2,1H3,(H,23,29)/t16-,17+,19+,20+/m1/s1. The zero-order valence-corrected chi connectivity index (χ0v) is 17.4. The molecule has 0 radical (unpaired) electrons. The molecule has 2 bridgehead atoms. The van der Waals surface area contributed by atoms with E-state index in [9.17, 15) is 9.59 Å². The fraction of sp³-hybridized carbons (Fsp3) is 0.773. The molecule has 1 aliphatic carbocycles. The van der Waals surface area contributed by atoms with Gasteiger partial charge in [0.25, 0.3) is 0 Å². The van der Waals surface area contributed by atoms with Crippen LogP contribution >= 0.6 is 0 Å². The third-order valence-electron chi connectivity index (χ3n) is 7.84. The lowest BCUT2D eigenvalue weighted by Crippen LogP contribution is -2.67. The number of fused-ring (bicyclic) bond motifs is 4. The summed E-state index contributed by atoms with van der Waals surface area (Å²) < 4.78 is 1.96. The molecule has 0 unspecified atom stereocenters. The molecule has 0 spiro atoms. The molecular formula is C22H33N5O2. The largest absolute Gasteiger partial charge is 0.354 e. The number of amides is 2. The van der Waals surface area contributed by atoms with Crippen LogP contribution in [0.1, 0.15) is 50.6 Å². The van der Waals surface area contributed by atoms with Crippen LogP contribution in [0.25, 0.3) is 0 Å². The number of carbonyl (C=O) groups is 2. The van der Waals surface area contributed by atoms with E-state index in [4.69, 9.17) is 0 Å². The number of nitrogens with one attached hydrogen (secondary N) is 1. The summed E-state index contributed by atoms with van der Waals surface area (Å²) in [5.41, 5.74) is 1.23. The molecule has 1 N–H and O–H groups in total. The lowest BCUT2D eigenvalue weighted by molar-refractivity contribution is -0.153. The van der Waals surface area contributed by atoms with Crippen molar-refractivity contribution in [2.45, 2.75) is 63.6 Å². The van der Waals surface area contributed by atoms with E-state index in [0.717, 1.165) is 45.3 Å². The summed E-state index contributed by atoms with van der Waals surface area (Å²) in [5.74, 6) is 1.68. The van der Waals surface area contributed by atoms with Gasteiger partial charge < -0.3 is 10.2 Å². The van der Waals surface area contributed by atoms with Gasteiger partial charge in [-0.2, -0.15) is 5.10 Å². The predicted molar refractivity (Wildman–Crippen MR) is 109 cm³/mol. The molecule has 7 heteroatoms. The first-order valence-corrected chi connectivity index (χ1v) is 11.4. The molecule has 5 rings (SSSR count). The molecule has 1 aromatic heterocycles. The third kappa shape index (κ3) is 3.58. The van der Waals surface area contributed by atoms with Crippen molar-refractivity contribution in [2.75, 3.05) is 19.6 Å². The quantitative estimate of drug-likeness (QED) is 0.815. The van der Waals surface area contributed by atoms with Gasteiger partial charge in [-0.3, -0.25) is 19.2 Å². The molecule has 1 aromatic rings. The van der Waals surface area contributed by atoms with Gasteiger partial charge in [0.15, 0.2) is 0 Å². The first kappa shape index (κ1) is 19.1. The molecule has 3 aliphatic heterocycles. The van der Waals surface area contributed by atoms with Crippen molar-refractivity contribution in [3.63, 3.8) is 0 Å². The van der Waals surface area contributed by atoms with E-state index in [1.807, 2.05) is 17.9 Å². The van der Waals surface area contributed by atoms with E-state index in [2.05, 4.69) is 26.3 Å². The van der Waals surface area contributed by atoms with Gasteiger partial charge >= 0.3 is 0 Å². The first-order chi connectivity index (χ1) is 14.1. The SMILES string of the molecule is Cn1nccc1CN1C[C@H]2C[C@@H](C1)[C@H](CNC(=O)C1CCC1)N1C(=O)CCC[C@@H]21. The maximum absolute atomic E-state index is 12.9. The number of nitrogens with zero attached hydrogens (tertiary/aromatic N) is 4. The minimum Gasteiger partial charge on any atom is -0.354 e. The zero-order chi connectivity index (χ0) is 20.0. The molecule has 2 amide bonds. The highest BCUT2D eigenvalue weighted by atomic mass is 16.2. The summed E-state index contributed by atoms with van der Waals surface area (Å²) in [7, 11) is 2.00. The van der Waals surface area contributed by atoms with Crippen molar-refractivity contribution in [3.8, 4) is 0 Å². The summed E-state index contributed by atoms with van der Waals surface area (Å²) in [6.07, 6.45) is 9.03. The van der Waals surface area contributed by atoms with Gasteiger partial charge in [0.05, 0.1) is 11.7 Å². The van der Waals surface area contributed by atoms with Crippen LogP contribution in [0, 0.1) is 17.8 Å². The topological polar surface area (TPSA) is 70.5 Å². The van der Waals surface area contributed by atoms with Crippen molar-refractivity contribution >= 4 is 11.8 Å². The van der Waals surface area contributed by atoms with Crippen LogP contribution in [0.5, 0.6) is 0 Å². The average molecular weight is 400 g/mol. The highest BCUT2D eigenvalue weighted by molar-refractivity contribution is 5.80. The first-order valence-electron chi connectivity index (χ1n) is 11.4. The fourth-order valence-corrected chi connectivity index (χ4v) is 6.07. The van der Waals surface area contributed by atoms with Gasteiger partial charge in [0, 0.05) is 57.8 Å². The predicted octanol–water partition coefficient (Wildman–Crippen LogP) is 1.54. The molecule has 1 saturated carbocycles. The highest BCUT2D eigenvalue weighted by Gasteiger charge is 2.49. The Hall–Kier alpha value is -1.89. The molecule has 158 valence electrons. The van der Waals surface area contributed by atoms with Gasteiger partial charge in [-0.25, -0.2) is 0 Å². The van der Waals surface area contributed by atoms with Gasteiger partial charge in [0.1, 0.15) is 0 Å². The number of carbonyl (C=O) groups excluding carboxylic acids is 2. The second-order valence-corrected chi connectivity index (χ2v) is 9.60. The minimum absolute atomic E-state index is 0.141. The van der Waals surface area contributed by atoms with E-state index in [1.54, 1.807) is 0 Å². The smallest absolute Gasteiger partial charge is 0.223 e. The number of hydrogen-bond acceptors (Lipinski definition) is 4. The summed E-state index contributed by atoms with van der Waals surface area (Å²) in [4.78, 5) is 30.1. The Bertz CT molecular complexity index is 773. The number of likely N-dealkylation sites (tertiary alicyclic amines) is 1. The summed E-state index contributed by atoms with van der Waals surface area (Å²) in [6, 6.07) is 2.58. The number of hydrogen-bond donors (Lipinski definition) is 1. The van der Waals surface area contributed by atoms with Gasteiger partial charge in [0.2, 0.25) is 11.8 Å². The van der Waals surface area contributed by atoms with E-state index < -0.39 is 0 Å². The highest BCUT2D eigenvalue weighted by Crippen LogP contribution is 2.41. The lowest BCUT2D eigenvalue weighted by Gasteiger charge is -2.56. The third-order valence-corrected chi connectivity index (χ3v) is 7.84. The molecule has 3 saturated heterocycles. The van der Waals surface area contributed by atoms with Crippen molar-refractivity contribution in [1.29, 1.82) is 0 Å². The fourth-order valence-electron chi connectivity index (χ4n) is 6.07. The minimum atomic E-state index is 0.141. The molecule has 4 atom stereocenters. The lowest BCUT2D eigenvalue weighted by atomic mass is 9.72. The van der Waals surface area contributed by atoms with Crippen molar-refractivity contribution < 1.29 is 9.59 Å². The van der Waals surface area contributed by atoms with Gasteiger partial charge in [-0.05, 0) is 50.0 Å². The molecule has 0 aromatic carbocycles. The number of aromatic nitrogens is 2. The van der Waals surface area contributed by atoms with E-state index >= 15 is 0 Å². The molecule has 4 aliphatic rings. The number of piperidine rings is 3. The van der Waals surface area contributed by atoms with E-state index in [-0.39, 0.29) is 17.9 Å². The van der Waals surface area contributed by atoms with E-state index in [0.29, 0.717) is 36.8 Å². The molecule has 7 nitrogen and oxygen atoms in total. The van der Waals surface area contributed by atoms with Crippen molar-refractivity contribution in [2.24, 2.45) is 24.8 Å². The number of rotatable bonds is 5. The second-order valence-electron chi connectivity index (χ2n) is 9.60. The van der Waals surface area contributed by atoms with Crippen molar-refractivity contribution in [3.05, 3.63) is 18.0 Å². The van der Waals surface area contributed by atoms with Crippen LogP contribution < -0.4 is 5.32 Å². The van der Waals surface area contributed by atoms with Crippen LogP contribution in [-0.4, -0.2) is 63.1 Å². The van der Waals surface area contributed by atoms with Crippen LogP contribution in [0.2, 0.25) is 0 Å². The van der Waals surface area contributed by atoms with Crippen LogP contribution in [0.15, 0.2) is 12.3 Å². The Balaban J connectivity index is 1.33. The molecular weight excluding hydrogens is 366 g/mol. The molecule has 4 fully saturated rings. The summed E-state index contributed by atoms with van der Waals surface area (Å²) in [5, 5.41) is 7.53. The Kier molecular flexibility index (Phi) is 5.10. The van der Waals surface area contributed by atoms with Crippen LogP contribution in [0.3, 0.4) is 0 Å². The van der Waals surface area contributed by atoms with E-state index in [1.165, 1.54) is 18.5 Å². The second kappa shape index (κ2) is 7.74. The Morgan fingerprint density at radius 1 is 1.21 bits per heavy atom. The maximum Gasteiger partial charge on any atom is 0.223 e. The maximum atomic E-state index is 12.9. The summed E-state index contributed by atoms with van der Waals surface area (Å²) in [6.45, 7) is 3.57. The van der Waals surface area contributed by atoms with Crippen LogP contribution in [0.4, 0.5) is 0 Å². The Morgan fingerprint density at radius 2 is 2.03 bits per heavy atom. The van der Waals surface area contributed by atoms with Crippen molar-refractivity contribution in [1.82, 2.24) is 24.9 Å². The van der Waals surface area contributed by atoms with Gasteiger partial charge in [-0.1, -0.05) is 6.42 Å². The number of aryl methyl sites for hydroxylation is 1. The Labute approximate surface area is 172 Å². The monoisotopic (exact) mass is 399 g/mol. The Morgan fingerprint density at radius 3 is 2.76 bits per heavy atom. The van der Waals surface area contributed by atoms with Gasteiger partial charge in [-0.15, -0.1) is 0 Å². The van der Waals surface area contributed by atoms with Crippen LogP contribution in [-0.2, 0) is 23.2 Å². The zero-order valence-electron chi connectivity index (χ0n) is 17.4. The molecule has 4 heterocycles. The average Bonchev–Trinajstić information content (AvgIpc) is 3.05. The normalized spacial score (nSPS) is 32.6. The molecule has 29 heavy (non-hydrogen) atoms. The summed E-state index contributed by atoms with van der Waals surface area (Å²) >= 11 is 0.